The molecule has 0 radical (unpaired) electrons. The topological polar surface area (TPSA) is 102 Å². The Labute approximate surface area is 161 Å². The smallest absolute Gasteiger partial charge is 0.258 e. The van der Waals surface area contributed by atoms with Crippen LogP contribution in [-0.2, 0) is 14.6 Å². The van der Waals surface area contributed by atoms with Gasteiger partial charge in [-0.05, 0) is 37.6 Å². The summed E-state index contributed by atoms with van der Waals surface area (Å²) >= 11 is 1.35. The summed E-state index contributed by atoms with van der Waals surface area (Å²) in [4.78, 5) is 28.5. The molecule has 1 aromatic heterocycles. The van der Waals surface area contributed by atoms with Gasteiger partial charge in [-0.2, -0.15) is 0 Å². The van der Waals surface area contributed by atoms with Crippen molar-refractivity contribution in [1.29, 1.82) is 0 Å². The van der Waals surface area contributed by atoms with Gasteiger partial charge in [0.2, 0.25) is 0 Å². The van der Waals surface area contributed by atoms with Gasteiger partial charge in [0.15, 0.2) is 22.2 Å². The van der Waals surface area contributed by atoms with Gasteiger partial charge >= 0.3 is 0 Å². The van der Waals surface area contributed by atoms with Gasteiger partial charge in [0.25, 0.3) is 5.91 Å². The third-order valence-electron chi connectivity index (χ3n) is 4.19. The van der Waals surface area contributed by atoms with Gasteiger partial charge < -0.3 is 10.1 Å². The van der Waals surface area contributed by atoms with Crippen LogP contribution in [0.4, 0.5) is 0 Å². The third kappa shape index (κ3) is 4.92. The van der Waals surface area contributed by atoms with E-state index in [1.54, 1.807) is 12.1 Å². The van der Waals surface area contributed by atoms with Crippen molar-refractivity contribution in [3.05, 3.63) is 34.8 Å². The average molecular weight is 409 g/mol. The molecule has 0 spiro atoms. The molecule has 1 saturated heterocycles. The van der Waals surface area contributed by atoms with E-state index in [1.807, 2.05) is 19.1 Å². The molecule has 0 saturated carbocycles. The van der Waals surface area contributed by atoms with E-state index >= 15 is 0 Å². The van der Waals surface area contributed by atoms with Crippen LogP contribution in [-0.4, -0.2) is 49.2 Å². The maximum atomic E-state index is 11.9. The molecule has 1 atom stereocenters. The third-order valence-corrected chi connectivity index (χ3v) is 7.26. The molecular formula is C18H20N2O5S2. The first-order valence-corrected chi connectivity index (χ1v) is 11.1. The average Bonchev–Trinajstić information content (AvgIpc) is 3.15. The number of ketones is 1. The molecule has 1 aliphatic heterocycles. The Morgan fingerprint density at radius 2 is 2.00 bits per heavy atom. The number of nitrogens with one attached hydrogen (secondary N) is 1. The standard InChI is InChI=1S/C18H20N2O5S2/c1-11-17(12(2)21)26-18(19-11)13-3-5-15(6-4-13)25-9-16(22)20-14-7-8-27(23,24)10-14/h3-6,14H,7-10H2,1-2H3,(H,20,22)/t14-/m1/s1. The first-order valence-electron chi connectivity index (χ1n) is 8.45. The second-order valence-corrected chi connectivity index (χ2v) is 9.70. The van der Waals surface area contributed by atoms with Crippen LogP contribution in [0.1, 0.15) is 28.7 Å². The number of thiazole rings is 1. The summed E-state index contributed by atoms with van der Waals surface area (Å²) in [5.41, 5.74) is 1.58. The molecule has 1 amide bonds. The maximum Gasteiger partial charge on any atom is 0.258 e. The Balaban J connectivity index is 1.55. The molecular weight excluding hydrogens is 388 g/mol. The summed E-state index contributed by atoms with van der Waals surface area (Å²) in [5.74, 6) is 0.276. The van der Waals surface area contributed by atoms with Crippen molar-refractivity contribution in [2.24, 2.45) is 0 Å². The normalized spacial score (nSPS) is 18.2. The number of nitrogens with zero attached hydrogens (tertiary/aromatic N) is 1. The fourth-order valence-electron chi connectivity index (χ4n) is 2.87. The van der Waals surface area contributed by atoms with Crippen molar-refractivity contribution in [3.8, 4) is 16.3 Å². The zero-order valence-corrected chi connectivity index (χ0v) is 16.7. The van der Waals surface area contributed by atoms with Gasteiger partial charge in [-0.1, -0.05) is 0 Å². The van der Waals surface area contributed by atoms with Gasteiger partial charge in [-0.3, -0.25) is 9.59 Å². The molecule has 1 aliphatic rings. The molecule has 9 heteroatoms. The van der Waals surface area contributed by atoms with E-state index < -0.39 is 9.84 Å². The van der Waals surface area contributed by atoms with E-state index in [1.165, 1.54) is 18.3 Å². The number of aryl methyl sites for hydroxylation is 1. The van der Waals surface area contributed by atoms with E-state index in [-0.39, 0.29) is 35.8 Å². The highest BCUT2D eigenvalue weighted by Gasteiger charge is 2.28. The predicted molar refractivity (Wildman–Crippen MR) is 103 cm³/mol. The number of carbonyl (C=O) groups is 2. The van der Waals surface area contributed by atoms with Crippen molar-refractivity contribution < 1.29 is 22.7 Å². The zero-order chi connectivity index (χ0) is 19.6. The quantitative estimate of drug-likeness (QED) is 0.734. The van der Waals surface area contributed by atoms with Gasteiger partial charge in [-0.25, -0.2) is 13.4 Å². The fourth-order valence-corrected chi connectivity index (χ4v) is 5.51. The van der Waals surface area contributed by atoms with E-state index in [0.717, 1.165) is 10.6 Å². The molecule has 3 rings (SSSR count). The molecule has 1 N–H and O–H groups in total. The summed E-state index contributed by atoms with van der Waals surface area (Å²) in [7, 11) is -3.03. The number of carbonyl (C=O) groups excluding carboxylic acids is 2. The van der Waals surface area contributed by atoms with Crippen molar-refractivity contribution >= 4 is 32.9 Å². The number of ether oxygens (including phenoxy) is 1. The molecule has 1 fully saturated rings. The second-order valence-electron chi connectivity index (χ2n) is 6.47. The Morgan fingerprint density at radius 3 is 2.56 bits per heavy atom. The fraction of sp³-hybridized carbons (Fsp3) is 0.389. The predicted octanol–water partition coefficient (Wildman–Crippen LogP) is 2.00. The maximum absolute atomic E-state index is 11.9. The number of Topliss-reactive ketones (excluding diaryl/α,β-unsaturated/α-hetero) is 1. The van der Waals surface area contributed by atoms with Crippen LogP contribution in [0.5, 0.6) is 5.75 Å². The van der Waals surface area contributed by atoms with E-state index in [2.05, 4.69) is 10.3 Å². The molecule has 1 aromatic carbocycles. The molecule has 2 heterocycles. The second kappa shape index (κ2) is 7.77. The summed E-state index contributed by atoms with van der Waals surface area (Å²) in [6.07, 6.45) is 0.443. The van der Waals surface area contributed by atoms with Gasteiger partial charge in [0.05, 0.1) is 22.1 Å². The molecule has 0 bridgehead atoms. The van der Waals surface area contributed by atoms with Crippen LogP contribution >= 0.6 is 11.3 Å². The summed E-state index contributed by atoms with van der Waals surface area (Å²) < 4.78 is 28.3. The van der Waals surface area contributed by atoms with Crippen LogP contribution in [0.3, 0.4) is 0 Å². The Kier molecular flexibility index (Phi) is 5.61. The molecule has 0 aliphatic carbocycles. The first-order chi connectivity index (χ1) is 12.7. The lowest BCUT2D eigenvalue weighted by molar-refractivity contribution is -0.123. The lowest BCUT2D eigenvalue weighted by atomic mass is 10.2. The number of amides is 1. The number of hydrogen-bond acceptors (Lipinski definition) is 7. The molecule has 27 heavy (non-hydrogen) atoms. The van der Waals surface area contributed by atoms with Crippen molar-refractivity contribution in [2.45, 2.75) is 26.3 Å². The van der Waals surface area contributed by atoms with Crippen molar-refractivity contribution in [1.82, 2.24) is 10.3 Å². The highest BCUT2D eigenvalue weighted by molar-refractivity contribution is 7.91. The minimum Gasteiger partial charge on any atom is -0.484 e. The van der Waals surface area contributed by atoms with Crippen LogP contribution in [0.25, 0.3) is 10.6 Å². The number of aromatic nitrogens is 1. The Hall–Kier alpha value is -2.26. The van der Waals surface area contributed by atoms with E-state index in [9.17, 15) is 18.0 Å². The molecule has 7 nitrogen and oxygen atoms in total. The summed E-state index contributed by atoms with van der Waals surface area (Å²) in [6, 6.07) is 6.76. The highest BCUT2D eigenvalue weighted by Crippen LogP contribution is 2.29. The number of hydrogen-bond donors (Lipinski definition) is 1. The lowest BCUT2D eigenvalue weighted by Gasteiger charge is -2.11. The number of benzene rings is 1. The van der Waals surface area contributed by atoms with Crippen LogP contribution in [0.2, 0.25) is 0 Å². The largest absolute Gasteiger partial charge is 0.484 e. The van der Waals surface area contributed by atoms with E-state index in [0.29, 0.717) is 22.7 Å². The van der Waals surface area contributed by atoms with E-state index in [4.69, 9.17) is 4.74 Å². The van der Waals surface area contributed by atoms with Gasteiger partial charge in [0.1, 0.15) is 10.8 Å². The van der Waals surface area contributed by atoms with Crippen LogP contribution in [0.15, 0.2) is 24.3 Å². The summed E-state index contributed by atoms with van der Waals surface area (Å²) in [6.45, 7) is 3.15. The minimum atomic E-state index is -3.03. The van der Waals surface area contributed by atoms with Gasteiger partial charge in [0, 0.05) is 18.5 Å². The Morgan fingerprint density at radius 1 is 1.30 bits per heavy atom. The van der Waals surface area contributed by atoms with Crippen molar-refractivity contribution in [2.75, 3.05) is 18.1 Å². The first kappa shape index (κ1) is 19.5. The molecule has 144 valence electrons. The molecule has 2 aromatic rings. The SMILES string of the molecule is CC(=O)c1sc(-c2ccc(OCC(=O)N[C@@H]3CCS(=O)(=O)C3)cc2)nc1C. The molecule has 0 unspecified atom stereocenters. The zero-order valence-electron chi connectivity index (χ0n) is 15.0. The van der Waals surface area contributed by atoms with Gasteiger partial charge in [-0.15, -0.1) is 11.3 Å². The number of sulfone groups is 1. The number of rotatable bonds is 6. The Bertz CT molecular complexity index is 964. The monoisotopic (exact) mass is 408 g/mol. The minimum absolute atomic E-state index is 0.00252. The van der Waals surface area contributed by atoms with Crippen molar-refractivity contribution in [3.63, 3.8) is 0 Å². The highest BCUT2D eigenvalue weighted by atomic mass is 32.2. The summed E-state index contributed by atoms with van der Waals surface area (Å²) in [5, 5.41) is 3.43. The lowest BCUT2D eigenvalue weighted by Crippen LogP contribution is -2.38. The van der Waals surface area contributed by atoms with Crippen LogP contribution < -0.4 is 10.1 Å². The van der Waals surface area contributed by atoms with Crippen LogP contribution in [0, 0.1) is 6.92 Å².